The number of likely N-dealkylation sites (N-methyl/N-ethyl adjacent to an activating group) is 2. The number of nitrogens with zero attached hydrogens (tertiary/aromatic N) is 4. The van der Waals surface area contributed by atoms with E-state index in [1.807, 2.05) is 52.8 Å². The van der Waals surface area contributed by atoms with Crippen molar-refractivity contribution in [1.82, 2.24) is 30.2 Å². The molecule has 2 heterocycles. The first-order chi connectivity index (χ1) is 31.7. The normalized spacial score (nSPS) is 18.6. The molecule has 0 unspecified atom stereocenters. The van der Waals surface area contributed by atoms with E-state index in [0.29, 0.717) is 38.6 Å². The molecule has 9 atom stereocenters. The molecule has 1 saturated heterocycles. The Morgan fingerprint density at radius 3 is 2.04 bits per heavy atom. The molecule has 3 N–H and O–H groups in total. The maximum atomic E-state index is 14.3. The number of hydrogen-bond donors (Lipinski definition) is 3. The van der Waals surface area contributed by atoms with Crippen LogP contribution in [0.4, 0.5) is 0 Å². The number of carboxylic acid groups (broad SMARTS) is 1. The molecule has 67 heavy (non-hydrogen) atoms. The molecule has 0 bridgehead atoms. The van der Waals surface area contributed by atoms with E-state index in [1.54, 1.807) is 50.1 Å². The van der Waals surface area contributed by atoms with Gasteiger partial charge in [0, 0.05) is 78.9 Å². The number of carboxylic acids is 1. The first-order valence-corrected chi connectivity index (χ1v) is 23.9. The van der Waals surface area contributed by atoms with E-state index in [0.717, 1.165) is 12.0 Å². The van der Waals surface area contributed by atoms with Crippen molar-refractivity contribution in [3.63, 3.8) is 0 Å². The van der Waals surface area contributed by atoms with Crippen LogP contribution in [-0.4, -0.2) is 156 Å². The van der Waals surface area contributed by atoms with Gasteiger partial charge in [-0.15, -0.1) is 0 Å². The van der Waals surface area contributed by atoms with Gasteiger partial charge in [0.2, 0.25) is 29.5 Å². The number of amides is 7. The summed E-state index contributed by atoms with van der Waals surface area (Å²) in [6, 6.07) is 5.71. The Morgan fingerprint density at radius 1 is 0.851 bits per heavy atom. The summed E-state index contributed by atoms with van der Waals surface area (Å²) in [7, 11) is 6.30. The Labute approximate surface area is 397 Å². The number of hydrogen-bond acceptors (Lipinski definition) is 10. The standard InChI is InChI=1S/C50H78N6O11/c1-12-33(6)36(39(66-10)29-43(60)55-27-19-22-38(55)46(67-11)34(7)47(61)51-37(50(64)65)28-35-20-15-13-16-21-35)30-53(8)49(63)44(31(2)3)52-48(62)45(32(4)5)54(9)40(57)23-17-14-18-26-56-41(58)24-25-42(56)59/h13,15-16,20-21,24-25,31-34,36-39,44-46H,12,14,17-19,22-23,26-30H2,1-11H3,(H,51,61)(H,52,62)(H,64,65)/t33-,34+,36-,37-,38-,39+,44-,45-,46+/m0/s1. The molecule has 3 rings (SSSR count). The summed E-state index contributed by atoms with van der Waals surface area (Å²) in [5, 5.41) is 15.6. The van der Waals surface area contributed by atoms with Crippen LogP contribution < -0.4 is 10.6 Å². The summed E-state index contributed by atoms with van der Waals surface area (Å²) in [6.07, 6.45) is 5.19. The lowest BCUT2D eigenvalue weighted by Crippen LogP contribution is -2.58. The van der Waals surface area contributed by atoms with E-state index in [1.165, 1.54) is 29.1 Å². The molecule has 0 spiro atoms. The second kappa shape index (κ2) is 27.0. The molecule has 374 valence electrons. The third kappa shape index (κ3) is 15.7. The van der Waals surface area contributed by atoms with Crippen LogP contribution in [0, 0.1) is 29.6 Å². The molecule has 2 aliphatic rings. The SMILES string of the molecule is CC[C@H](C)[C@H](CN(C)C(=O)[C@@H](NC(=O)[C@H](C(C)C)N(C)C(=O)CCCCCN1C(=O)C=CC1=O)C(C)C)[C@@H](CC(=O)N1CCC[C@H]1[C@H](OC)[C@@H](C)C(=O)N[C@@H](Cc1ccccc1)C(=O)O)OC. The fraction of sp³-hybridized carbons (Fsp3) is 0.680. The lowest BCUT2D eigenvalue weighted by Gasteiger charge is -2.38. The second-order valence-corrected chi connectivity index (χ2v) is 19.0. The zero-order valence-electron chi connectivity index (χ0n) is 41.7. The van der Waals surface area contributed by atoms with E-state index in [-0.39, 0.29) is 85.6 Å². The first kappa shape index (κ1) is 56.2. The predicted molar refractivity (Wildman–Crippen MR) is 253 cm³/mol. The van der Waals surface area contributed by atoms with Crippen molar-refractivity contribution in [1.29, 1.82) is 0 Å². The van der Waals surface area contributed by atoms with Gasteiger partial charge in [-0.3, -0.25) is 38.5 Å². The Balaban J connectivity index is 1.67. The molecule has 0 radical (unpaired) electrons. The van der Waals surface area contributed by atoms with E-state index in [2.05, 4.69) is 17.6 Å². The van der Waals surface area contributed by atoms with Gasteiger partial charge in [-0.05, 0) is 49.0 Å². The van der Waals surface area contributed by atoms with Gasteiger partial charge in [-0.1, -0.05) is 91.6 Å². The van der Waals surface area contributed by atoms with Crippen LogP contribution in [0.1, 0.15) is 105 Å². The van der Waals surface area contributed by atoms with Crippen molar-refractivity contribution >= 4 is 47.3 Å². The highest BCUT2D eigenvalue weighted by Gasteiger charge is 2.42. The van der Waals surface area contributed by atoms with Crippen molar-refractivity contribution in [2.45, 2.75) is 143 Å². The van der Waals surface area contributed by atoms with Gasteiger partial charge in [0.15, 0.2) is 0 Å². The van der Waals surface area contributed by atoms with Crippen LogP contribution >= 0.6 is 0 Å². The van der Waals surface area contributed by atoms with Crippen LogP contribution in [0.3, 0.4) is 0 Å². The van der Waals surface area contributed by atoms with Gasteiger partial charge in [-0.25, -0.2) is 4.79 Å². The molecule has 1 aromatic carbocycles. The molecule has 0 aromatic heterocycles. The van der Waals surface area contributed by atoms with Crippen LogP contribution in [0.25, 0.3) is 0 Å². The zero-order chi connectivity index (χ0) is 50.1. The molecule has 1 aromatic rings. The van der Waals surface area contributed by atoms with Crippen molar-refractivity contribution in [2.75, 3.05) is 47.9 Å². The second-order valence-electron chi connectivity index (χ2n) is 19.0. The highest BCUT2D eigenvalue weighted by molar-refractivity contribution is 6.12. The van der Waals surface area contributed by atoms with Crippen LogP contribution in [0.2, 0.25) is 0 Å². The van der Waals surface area contributed by atoms with E-state index in [4.69, 9.17) is 9.47 Å². The number of likely N-dealkylation sites (tertiary alicyclic amines) is 1. The third-order valence-electron chi connectivity index (χ3n) is 13.6. The van der Waals surface area contributed by atoms with Gasteiger partial charge in [0.1, 0.15) is 18.1 Å². The zero-order valence-corrected chi connectivity index (χ0v) is 41.7. The Hall–Kier alpha value is -5.16. The maximum Gasteiger partial charge on any atom is 0.326 e. The van der Waals surface area contributed by atoms with Crippen molar-refractivity contribution in [2.24, 2.45) is 29.6 Å². The van der Waals surface area contributed by atoms with Gasteiger partial charge in [-0.2, -0.15) is 0 Å². The number of unbranched alkanes of at least 4 members (excludes halogenated alkanes) is 2. The smallest absolute Gasteiger partial charge is 0.326 e. The number of methoxy groups -OCH3 is 2. The fourth-order valence-corrected chi connectivity index (χ4v) is 9.33. The number of imide groups is 1. The van der Waals surface area contributed by atoms with Crippen molar-refractivity contribution in [3.05, 3.63) is 48.0 Å². The lowest BCUT2D eigenvalue weighted by atomic mass is 9.84. The van der Waals surface area contributed by atoms with E-state index < -0.39 is 60.1 Å². The highest BCUT2D eigenvalue weighted by Crippen LogP contribution is 2.30. The quantitative estimate of drug-likeness (QED) is 0.0805. The summed E-state index contributed by atoms with van der Waals surface area (Å²) in [4.78, 5) is 111. The molecule has 1 fully saturated rings. The number of carbonyl (C=O) groups is 8. The maximum absolute atomic E-state index is 14.3. The molecule has 2 aliphatic heterocycles. The van der Waals surface area contributed by atoms with Gasteiger partial charge in [0.25, 0.3) is 11.8 Å². The number of benzene rings is 1. The number of carbonyl (C=O) groups excluding carboxylic acids is 7. The lowest BCUT2D eigenvalue weighted by molar-refractivity contribution is -0.146. The average molecular weight is 939 g/mol. The minimum atomic E-state index is -1.15. The summed E-state index contributed by atoms with van der Waals surface area (Å²) in [5.41, 5.74) is 0.770. The number of rotatable bonds is 28. The van der Waals surface area contributed by atoms with Crippen molar-refractivity contribution in [3.8, 4) is 0 Å². The molecule has 0 aliphatic carbocycles. The first-order valence-electron chi connectivity index (χ1n) is 23.9. The summed E-state index contributed by atoms with van der Waals surface area (Å²) < 4.78 is 11.9. The van der Waals surface area contributed by atoms with Crippen LogP contribution in [0.5, 0.6) is 0 Å². The molecule has 0 saturated carbocycles. The van der Waals surface area contributed by atoms with Gasteiger partial charge in [0.05, 0.1) is 30.6 Å². The van der Waals surface area contributed by atoms with Crippen LogP contribution in [-0.2, 0) is 54.3 Å². The number of ether oxygens (including phenoxy) is 2. The molecular weight excluding hydrogens is 861 g/mol. The minimum absolute atomic E-state index is 0.00919. The number of aliphatic carboxylic acids is 1. The summed E-state index contributed by atoms with van der Waals surface area (Å²) in [6.45, 7) is 14.1. The highest BCUT2D eigenvalue weighted by atomic mass is 16.5. The van der Waals surface area contributed by atoms with Gasteiger partial charge >= 0.3 is 5.97 Å². The predicted octanol–water partition coefficient (Wildman–Crippen LogP) is 4.08. The Kier molecular flexibility index (Phi) is 22.6. The summed E-state index contributed by atoms with van der Waals surface area (Å²) in [5.74, 6) is -5.10. The molecule has 17 heteroatoms. The van der Waals surface area contributed by atoms with E-state index in [9.17, 15) is 43.5 Å². The molecule has 7 amide bonds. The largest absolute Gasteiger partial charge is 0.480 e. The monoisotopic (exact) mass is 939 g/mol. The molecular formula is C50H78N6O11. The fourth-order valence-electron chi connectivity index (χ4n) is 9.33. The van der Waals surface area contributed by atoms with Gasteiger partial charge < -0.3 is 39.9 Å². The Bertz CT molecular complexity index is 1860. The average Bonchev–Trinajstić information content (AvgIpc) is 3.91. The number of nitrogens with one attached hydrogen (secondary N) is 2. The summed E-state index contributed by atoms with van der Waals surface area (Å²) >= 11 is 0. The van der Waals surface area contributed by atoms with E-state index >= 15 is 0 Å². The van der Waals surface area contributed by atoms with Crippen molar-refractivity contribution < 1.29 is 52.9 Å². The van der Waals surface area contributed by atoms with Crippen LogP contribution in [0.15, 0.2) is 42.5 Å². The topological polar surface area (TPSA) is 212 Å². The Morgan fingerprint density at radius 2 is 1.49 bits per heavy atom. The molecule has 17 nitrogen and oxygen atoms in total. The minimum Gasteiger partial charge on any atom is -0.480 e. The third-order valence-corrected chi connectivity index (χ3v) is 13.6.